The van der Waals surface area contributed by atoms with E-state index in [0.717, 1.165) is 6.04 Å². The van der Waals surface area contributed by atoms with Crippen LogP contribution in [-0.4, -0.2) is 37.1 Å². The number of nitrogens with zero attached hydrogens (tertiary/aromatic N) is 1. The highest BCUT2D eigenvalue weighted by atomic mass is 15.2. The number of hydrogen-bond donors (Lipinski definition) is 1. The van der Waals surface area contributed by atoms with Gasteiger partial charge in [0.05, 0.1) is 0 Å². The van der Waals surface area contributed by atoms with E-state index in [2.05, 4.69) is 24.1 Å². The van der Waals surface area contributed by atoms with Crippen molar-refractivity contribution in [2.45, 2.75) is 77.7 Å². The highest BCUT2D eigenvalue weighted by Gasteiger charge is 2.35. The molecule has 0 aromatic heterocycles. The van der Waals surface area contributed by atoms with Crippen molar-refractivity contribution >= 4 is 0 Å². The molecule has 1 unspecified atom stereocenters. The van der Waals surface area contributed by atoms with Gasteiger partial charge >= 0.3 is 0 Å². The highest BCUT2D eigenvalue weighted by Crippen LogP contribution is 2.37. The smallest absolute Gasteiger partial charge is 0.00671 e. The number of nitrogens with one attached hydrogen (secondary N) is 1. The Kier molecular flexibility index (Phi) is 6.15. The quantitative estimate of drug-likeness (QED) is 0.735. The Morgan fingerprint density at radius 1 is 1.11 bits per heavy atom. The van der Waals surface area contributed by atoms with E-state index in [-0.39, 0.29) is 0 Å². The zero-order chi connectivity index (χ0) is 13.6. The fourth-order valence-electron chi connectivity index (χ4n) is 4.05. The lowest BCUT2D eigenvalue weighted by Crippen LogP contribution is -2.49. The number of piperidine rings is 1. The monoisotopic (exact) mass is 266 g/mol. The molecule has 1 saturated heterocycles. The Morgan fingerprint density at radius 2 is 1.89 bits per heavy atom. The zero-order valence-corrected chi connectivity index (χ0v) is 13.2. The van der Waals surface area contributed by atoms with Crippen molar-refractivity contribution in [1.82, 2.24) is 10.2 Å². The first-order chi connectivity index (χ1) is 9.26. The predicted octanol–water partition coefficient (Wildman–Crippen LogP) is 3.81. The third kappa shape index (κ3) is 4.46. The molecular weight excluding hydrogens is 232 g/mol. The van der Waals surface area contributed by atoms with Gasteiger partial charge in [0, 0.05) is 19.1 Å². The van der Waals surface area contributed by atoms with E-state index < -0.39 is 0 Å². The molecule has 0 spiro atoms. The molecule has 2 rings (SSSR count). The molecule has 1 aliphatic carbocycles. The summed E-state index contributed by atoms with van der Waals surface area (Å²) in [6.45, 7) is 9.85. The molecule has 1 aliphatic heterocycles. The minimum absolute atomic E-state index is 0.582. The van der Waals surface area contributed by atoms with E-state index in [0.29, 0.717) is 5.41 Å². The lowest BCUT2D eigenvalue weighted by Gasteiger charge is -2.45. The Balaban J connectivity index is 1.91. The summed E-state index contributed by atoms with van der Waals surface area (Å²) in [4.78, 5) is 2.79. The zero-order valence-electron chi connectivity index (χ0n) is 13.2. The van der Waals surface area contributed by atoms with E-state index in [1.54, 1.807) is 0 Å². The molecule has 1 saturated carbocycles. The Morgan fingerprint density at radius 3 is 2.58 bits per heavy atom. The molecule has 0 radical (unpaired) electrons. The van der Waals surface area contributed by atoms with Crippen molar-refractivity contribution in [3.05, 3.63) is 0 Å². The molecule has 2 fully saturated rings. The van der Waals surface area contributed by atoms with E-state index in [1.807, 2.05) is 0 Å². The van der Waals surface area contributed by atoms with Gasteiger partial charge in [-0.1, -0.05) is 32.6 Å². The molecule has 0 aromatic rings. The normalized spacial score (nSPS) is 28.4. The summed E-state index contributed by atoms with van der Waals surface area (Å²) >= 11 is 0. The second-order valence-corrected chi connectivity index (χ2v) is 7.05. The Bertz CT molecular complexity index is 246. The van der Waals surface area contributed by atoms with Crippen LogP contribution >= 0.6 is 0 Å². The SMILES string of the molecule is CCCNCC1(CN2CCCCC2C)CCCCC1. The molecule has 112 valence electrons. The van der Waals surface area contributed by atoms with Crippen LogP contribution in [0.15, 0.2) is 0 Å². The second-order valence-electron chi connectivity index (χ2n) is 7.05. The van der Waals surface area contributed by atoms with Gasteiger partial charge in [-0.05, 0) is 57.5 Å². The van der Waals surface area contributed by atoms with Crippen LogP contribution in [0.5, 0.6) is 0 Å². The highest BCUT2D eigenvalue weighted by molar-refractivity contribution is 4.90. The van der Waals surface area contributed by atoms with Crippen molar-refractivity contribution in [1.29, 1.82) is 0 Å². The lowest BCUT2D eigenvalue weighted by molar-refractivity contribution is 0.0610. The molecule has 2 heteroatoms. The maximum absolute atomic E-state index is 3.72. The molecule has 19 heavy (non-hydrogen) atoms. The van der Waals surface area contributed by atoms with Crippen LogP contribution in [0.3, 0.4) is 0 Å². The van der Waals surface area contributed by atoms with Crippen molar-refractivity contribution < 1.29 is 0 Å². The van der Waals surface area contributed by atoms with Gasteiger partial charge in [0.25, 0.3) is 0 Å². The van der Waals surface area contributed by atoms with E-state index >= 15 is 0 Å². The fraction of sp³-hybridized carbons (Fsp3) is 1.00. The van der Waals surface area contributed by atoms with Gasteiger partial charge in [-0.15, -0.1) is 0 Å². The first kappa shape index (κ1) is 15.3. The van der Waals surface area contributed by atoms with Crippen molar-refractivity contribution in [3.63, 3.8) is 0 Å². The maximum atomic E-state index is 3.72. The molecule has 0 aromatic carbocycles. The summed E-state index contributed by atoms with van der Waals surface area (Å²) in [5.74, 6) is 0. The molecule has 1 atom stereocenters. The van der Waals surface area contributed by atoms with Crippen LogP contribution < -0.4 is 5.32 Å². The molecule has 1 heterocycles. The largest absolute Gasteiger partial charge is 0.316 e. The molecule has 0 amide bonds. The summed E-state index contributed by atoms with van der Waals surface area (Å²) in [7, 11) is 0. The van der Waals surface area contributed by atoms with Gasteiger partial charge in [-0.3, -0.25) is 0 Å². The first-order valence-electron chi connectivity index (χ1n) is 8.70. The average molecular weight is 266 g/mol. The van der Waals surface area contributed by atoms with Gasteiger partial charge in [0.1, 0.15) is 0 Å². The maximum Gasteiger partial charge on any atom is 0.00671 e. The summed E-state index contributed by atoms with van der Waals surface area (Å²) in [5, 5.41) is 3.72. The number of likely N-dealkylation sites (tertiary alicyclic amines) is 1. The Hall–Kier alpha value is -0.0800. The van der Waals surface area contributed by atoms with Gasteiger partial charge in [0.2, 0.25) is 0 Å². The minimum Gasteiger partial charge on any atom is -0.316 e. The van der Waals surface area contributed by atoms with E-state index in [4.69, 9.17) is 0 Å². The minimum atomic E-state index is 0.582. The van der Waals surface area contributed by atoms with Crippen LogP contribution in [0.1, 0.15) is 71.6 Å². The first-order valence-corrected chi connectivity index (χ1v) is 8.70. The van der Waals surface area contributed by atoms with Crippen LogP contribution in [0.25, 0.3) is 0 Å². The van der Waals surface area contributed by atoms with Crippen LogP contribution in [0.4, 0.5) is 0 Å². The van der Waals surface area contributed by atoms with Gasteiger partial charge in [-0.2, -0.15) is 0 Å². The van der Waals surface area contributed by atoms with Gasteiger partial charge in [-0.25, -0.2) is 0 Å². The van der Waals surface area contributed by atoms with E-state index in [1.165, 1.54) is 84.0 Å². The molecule has 1 N–H and O–H groups in total. The van der Waals surface area contributed by atoms with Crippen LogP contribution in [0.2, 0.25) is 0 Å². The standard InChI is InChI=1S/C17H34N2/c1-3-12-18-14-17(10-6-4-7-11-17)15-19-13-8-5-9-16(19)2/h16,18H,3-15H2,1-2H3. The molecular formula is C17H34N2. The number of hydrogen-bond acceptors (Lipinski definition) is 2. The lowest BCUT2D eigenvalue weighted by atomic mass is 9.73. The average Bonchev–Trinajstić information content (AvgIpc) is 2.43. The summed E-state index contributed by atoms with van der Waals surface area (Å²) in [6, 6.07) is 0.818. The summed E-state index contributed by atoms with van der Waals surface area (Å²) in [6.07, 6.45) is 12.8. The second kappa shape index (κ2) is 7.64. The van der Waals surface area contributed by atoms with E-state index in [9.17, 15) is 0 Å². The third-order valence-corrected chi connectivity index (χ3v) is 5.32. The number of rotatable bonds is 6. The van der Waals surface area contributed by atoms with Gasteiger partial charge < -0.3 is 10.2 Å². The van der Waals surface area contributed by atoms with Crippen molar-refractivity contribution in [2.24, 2.45) is 5.41 Å². The van der Waals surface area contributed by atoms with Gasteiger partial charge in [0.15, 0.2) is 0 Å². The third-order valence-electron chi connectivity index (χ3n) is 5.32. The molecule has 0 bridgehead atoms. The fourth-order valence-corrected chi connectivity index (χ4v) is 4.05. The molecule has 2 aliphatic rings. The summed E-state index contributed by atoms with van der Waals surface area (Å²) < 4.78 is 0. The molecule has 2 nitrogen and oxygen atoms in total. The van der Waals surface area contributed by atoms with Crippen molar-refractivity contribution in [2.75, 3.05) is 26.2 Å². The topological polar surface area (TPSA) is 15.3 Å². The summed E-state index contributed by atoms with van der Waals surface area (Å²) in [5.41, 5.74) is 0.582. The predicted molar refractivity (Wildman–Crippen MR) is 83.6 cm³/mol. The van der Waals surface area contributed by atoms with Crippen LogP contribution in [-0.2, 0) is 0 Å². The van der Waals surface area contributed by atoms with Crippen LogP contribution in [0, 0.1) is 5.41 Å². The Labute approximate surface area is 120 Å². The van der Waals surface area contributed by atoms with Crippen molar-refractivity contribution in [3.8, 4) is 0 Å².